The molecule has 0 saturated carbocycles. The van der Waals surface area contributed by atoms with Gasteiger partial charge in [0, 0.05) is 38.9 Å². The van der Waals surface area contributed by atoms with Crippen LogP contribution in [0.3, 0.4) is 0 Å². The van der Waals surface area contributed by atoms with Gasteiger partial charge in [-0.1, -0.05) is 0 Å². The van der Waals surface area contributed by atoms with E-state index in [-0.39, 0.29) is 23.3 Å². The Labute approximate surface area is 166 Å². The highest BCUT2D eigenvalue weighted by Gasteiger charge is 2.42. The minimum absolute atomic E-state index is 0.121. The smallest absolute Gasteiger partial charge is 0.251 e. The highest BCUT2D eigenvalue weighted by molar-refractivity contribution is 5.81. The molecule has 2 amide bonds. The number of likely N-dealkylation sites (tertiary alicyclic amines) is 2. The number of amides is 2. The van der Waals surface area contributed by atoms with E-state index >= 15 is 0 Å². The van der Waals surface area contributed by atoms with Crippen LogP contribution in [0.5, 0.6) is 0 Å². The molecule has 1 spiro atoms. The minimum Gasteiger partial charge on any atom is -0.368 e. The van der Waals surface area contributed by atoms with Gasteiger partial charge in [0.2, 0.25) is 5.91 Å². The molecular formula is C21H30N4O3. The Hall–Kier alpha value is -2.02. The molecule has 0 aliphatic carbocycles. The monoisotopic (exact) mass is 386 g/mol. The van der Waals surface area contributed by atoms with Crippen LogP contribution in [0.25, 0.3) is 0 Å². The Kier molecular flexibility index (Phi) is 5.62. The highest BCUT2D eigenvalue weighted by Crippen LogP contribution is 2.40. The number of carbonyl (C=O) groups excluding carboxylic acids is 2. The summed E-state index contributed by atoms with van der Waals surface area (Å²) in [6.07, 6.45) is 9.65. The van der Waals surface area contributed by atoms with Gasteiger partial charge < -0.3 is 14.5 Å². The van der Waals surface area contributed by atoms with Gasteiger partial charge in [-0.3, -0.25) is 19.6 Å². The van der Waals surface area contributed by atoms with Crippen molar-refractivity contribution >= 4 is 11.8 Å². The number of rotatable bonds is 3. The van der Waals surface area contributed by atoms with Crippen molar-refractivity contribution in [1.82, 2.24) is 19.8 Å². The van der Waals surface area contributed by atoms with Crippen molar-refractivity contribution in [2.45, 2.75) is 64.5 Å². The maximum atomic E-state index is 12.7. The van der Waals surface area contributed by atoms with Crippen molar-refractivity contribution in [2.24, 2.45) is 5.41 Å². The summed E-state index contributed by atoms with van der Waals surface area (Å²) >= 11 is 0. The van der Waals surface area contributed by atoms with E-state index in [1.807, 2.05) is 16.7 Å². The first-order valence-corrected chi connectivity index (χ1v) is 10.5. The van der Waals surface area contributed by atoms with E-state index in [0.29, 0.717) is 19.6 Å². The fourth-order valence-corrected chi connectivity index (χ4v) is 4.69. The van der Waals surface area contributed by atoms with Crippen LogP contribution in [0.15, 0.2) is 12.4 Å². The summed E-state index contributed by atoms with van der Waals surface area (Å²) in [6, 6.07) is 0. The topological polar surface area (TPSA) is 75.6 Å². The lowest BCUT2D eigenvalue weighted by Crippen LogP contribution is -2.53. The van der Waals surface area contributed by atoms with Crippen LogP contribution in [0.1, 0.15) is 56.3 Å². The first-order chi connectivity index (χ1) is 13.5. The second kappa shape index (κ2) is 8.15. The van der Waals surface area contributed by atoms with Crippen LogP contribution in [0.2, 0.25) is 0 Å². The summed E-state index contributed by atoms with van der Waals surface area (Å²) in [4.78, 5) is 37.8. The zero-order valence-electron chi connectivity index (χ0n) is 16.7. The molecule has 0 aromatic carbocycles. The molecular weight excluding hydrogens is 356 g/mol. The van der Waals surface area contributed by atoms with Crippen molar-refractivity contribution < 1.29 is 14.3 Å². The van der Waals surface area contributed by atoms with Gasteiger partial charge in [-0.2, -0.15) is 0 Å². The van der Waals surface area contributed by atoms with Crippen LogP contribution in [-0.2, 0) is 20.9 Å². The van der Waals surface area contributed by atoms with E-state index in [4.69, 9.17) is 4.74 Å². The highest BCUT2D eigenvalue weighted by atomic mass is 16.5. The van der Waals surface area contributed by atoms with Crippen LogP contribution < -0.4 is 0 Å². The summed E-state index contributed by atoms with van der Waals surface area (Å²) in [5.41, 5.74) is 1.83. The summed E-state index contributed by atoms with van der Waals surface area (Å²) in [6.45, 7) is 5.42. The average Bonchev–Trinajstić information content (AvgIpc) is 2.73. The standard InChI is InChI=1S/C21H30N4O3/c1-16-12-23-17(13-22-16)14-25-15-21(6-5-19(25)26)7-9-24(10-8-21)20(27)18-4-2-3-11-28-18/h12-13,18H,2-11,14-15H2,1H3/t18-/m0/s1. The van der Waals surface area contributed by atoms with E-state index in [1.165, 1.54) is 0 Å². The zero-order valence-corrected chi connectivity index (χ0v) is 16.7. The van der Waals surface area contributed by atoms with Gasteiger partial charge in [0.05, 0.1) is 24.1 Å². The Bertz CT molecular complexity index is 707. The molecule has 1 aromatic rings. The van der Waals surface area contributed by atoms with E-state index < -0.39 is 0 Å². The SMILES string of the molecule is Cc1cnc(CN2CC3(CCC2=O)CCN(C(=O)[C@@H]2CCCCO2)CC3)cn1. The molecule has 4 heterocycles. The third-order valence-electron chi connectivity index (χ3n) is 6.53. The molecule has 3 saturated heterocycles. The van der Waals surface area contributed by atoms with Crippen LogP contribution in [-0.4, -0.2) is 63.9 Å². The molecule has 3 aliphatic rings. The summed E-state index contributed by atoms with van der Waals surface area (Å²) in [5.74, 6) is 0.357. The maximum Gasteiger partial charge on any atom is 0.251 e. The molecule has 7 heteroatoms. The lowest BCUT2D eigenvalue weighted by atomic mass is 9.72. The molecule has 0 radical (unpaired) electrons. The quantitative estimate of drug-likeness (QED) is 0.795. The molecule has 3 aliphatic heterocycles. The van der Waals surface area contributed by atoms with Gasteiger partial charge in [0.1, 0.15) is 6.10 Å². The number of aromatic nitrogens is 2. The van der Waals surface area contributed by atoms with E-state index in [1.54, 1.807) is 12.4 Å². The molecule has 0 unspecified atom stereocenters. The number of piperidine rings is 2. The Balaban J connectivity index is 1.35. The lowest BCUT2D eigenvalue weighted by Gasteiger charge is -2.47. The van der Waals surface area contributed by atoms with Gasteiger partial charge in [-0.05, 0) is 50.9 Å². The summed E-state index contributed by atoms with van der Waals surface area (Å²) < 4.78 is 5.68. The molecule has 7 nitrogen and oxygen atoms in total. The fraction of sp³-hybridized carbons (Fsp3) is 0.714. The van der Waals surface area contributed by atoms with Crippen molar-refractivity contribution in [2.75, 3.05) is 26.2 Å². The number of hydrogen-bond acceptors (Lipinski definition) is 5. The number of aryl methyl sites for hydroxylation is 1. The third-order valence-corrected chi connectivity index (χ3v) is 6.53. The van der Waals surface area contributed by atoms with Crippen molar-refractivity contribution in [1.29, 1.82) is 0 Å². The lowest BCUT2D eigenvalue weighted by molar-refractivity contribution is -0.151. The largest absolute Gasteiger partial charge is 0.368 e. The average molecular weight is 386 g/mol. The maximum absolute atomic E-state index is 12.7. The van der Waals surface area contributed by atoms with Crippen molar-refractivity contribution in [3.8, 4) is 0 Å². The van der Waals surface area contributed by atoms with E-state index in [9.17, 15) is 9.59 Å². The first kappa shape index (κ1) is 19.3. The fourth-order valence-electron chi connectivity index (χ4n) is 4.69. The van der Waals surface area contributed by atoms with Gasteiger partial charge in [-0.15, -0.1) is 0 Å². The molecule has 4 rings (SSSR count). The number of carbonyl (C=O) groups is 2. The normalized spacial score (nSPS) is 25.2. The minimum atomic E-state index is -0.243. The van der Waals surface area contributed by atoms with Crippen molar-refractivity contribution in [3.63, 3.8) is 0 Å². The predicted molar refractivity (Wildman–Crippen MR) is 103 cm³/mol. The van der Waals surface area contributed by atoms with Crippen LogP contribution in [0, 0.1) is 12.3 Å². The Morgan fingerprint density at radius 2 is 2.04 bits per heavy atom. The summed E-state index contributed by atoms with van der Waals surface area (Å²) in [5, 5.41) is 0. The number of ether oxygens (including phenoxy) is 1. The Morgan fingerprint density at radius 3 is 2.71 bits per heavy atom. The second-order valence-electron chi connectivity index (χ2n) is 8.58. The van der Waals surface area contributed by atoms with Crippen molar-refractivity contribution in [3.05, 3.63) is 23.8 Å². The van der Waals surface area contributed by atoms with Gasteiger partial charge in [0.15, 0.2) is 0 Å². The second-order valence-corrected chi connectivity index (χ2v) is 8.58. The molecule has 1 atom stereocenters. The predicted octanol–water partition coefficient (Wildman–Crippen LogP) is 2.09. The van der Waals surface area contributed by atoms with Gasteiger partial charge >= 0.3 is 0 Å². The molecule has 1 aromatic heterocycles. The van der Waals surface area contributed by atoms with E-state index in [0.717, 1.165) is 69.5 Å². The number of nitrogens with zero attached hydrogens (tertiary/aromatic N) is 4. The number of hydrogen-bond donors (Lipinski definition) is 0. The zero-order chi connectivity index (χ0) is 19.6. The Morgan fingerprint density at radius 1 is 1.21 bits per heavy atom. The van der Waals surface area contributed by atoms with Gasteiger partial charge in [0.25, 0.3) is 5.91 Å². The first-order valence-electron chi connectivity index (χ1n) is 10.5. The molecule has 152 valence electrons. The molecule has 3 fully saturated rings. The van der Waals surface area contributed by atoms with E-state index in [2.05, 4.69) is 9.97 Å². The van der Waals surface area contributed by atoms with Gasteiger partial charge in [-0.25, -0.2) is 0 Å². The van der Waals surface area contributed by atoms with Crippen LogP contribution in [0.4, 0.5) is 0 Å². The molecule has 0 bridgehead atoms. The molecule has 28 heavy (non-hydrogen) atoms. The summed E-state index contributed by atoms with van der Waals surface area (Å²) in [7, 11) is 0. The van der Waals surface area contributed by atoms with Crippen LogP contribution >= 0.6 is 0 Å². The molecule has 0 N–H and O–H groups in total. The third kappa shape index (κ3) is 4.19.